The predicted molar refractivity (Wildman–Crippen MR) is 68.7 cm³/mol. The number of hydrogen-bond donors (Lipinski definition) is 1. The van der Waals surface area contributed by atoms with E-state index < -0.39 is 0 Å². The lowest BCUT2D eigenvalue weighted by molar-refractivity contribution is -0.133. The summed E-state index contributed by atoms with van der Waals surface area (Å²) in [5.41, 5.74) is 1.27. The van der Waals surface area contributed by atoms with E-state index in [0.717, 1.165) is 25.9 Å². The first-order valence-corrected chi connectivity index (χ1v) is 6.37. The van der Waals surface area contributed by atoms with Crippen molar-refractivity contribution >= 4 is 5.91 Å². The Morgan fingerprint density at radius 1 is 1.35 bits per heavy atom. The van der Waals surface area contributed by atoms with E-state index in [1.165, 1.54) is 5.56 Å². The van der Waals surface area contributed by atoms with Gasteiger partial charge in [0.1, 0.15) is 0 Å². The number of hydrogen-bond acceptors (Lipinski definition) is 2. The van der Waals surface area contributed by atoms with Crippen molar-refractivity contribution in [1.29, 1.82) is 0 Å². The van der Waals surface area contributed by atoms with Crippen molar-refractivity contribution in [2.45, 2.75) is 25.8 Å². The van der Waals surface area contributed by atoms with Crippen molar-refractivity contribution in [3.63, 3.8) is 0 Å². The van der Waals surface area contributed by atoms with Gasteiger partial charge < -0.3 is 4.90 Å². The second-order valence-electron chi connectivity index (χ2n) is 4.54. The van der Waals surface area contributed by atoms with E-state index in [9.17, 15) is 4.79 Å². The molecule has 1 saturated heterocycles. The second kappa shape index (κ2) is 5.82. The molecule has 1 N–H and O–H groups in total. The number of nitrogens with zero attached hydrogens (tertiary/aromatic N) is 1. The molecular weight excluding hydrogens is 212 g/mol. The number of benzene rings is 1. The molecule has 92 valence electrons. The van der Waals surface area contributed by atoms with Crippen molar-refractivity contribution in [2.75, 3.05) is 19.6 Å². The molecule has 0 unspecified atom stereocenters. The fourth-order valence-electron chi connectivity index (χ4n) is 2.18. The van der Waals surface area contributed by atoms with Gasteiger partial charge in [0.25, 0.3) is 0 Å². The molecule has 0 radical (unpaired) electrons. The first-order valence-electron chi connectivity index (χ1n) is 6.37. The van der Waals surface area contributed by atoms with Crippen LogP contribution in [0.5, 0.6) is 0 Å². The van der Waals surface area contributed by atoms with Gasteiger partial charge in [0, 0.05) is 13.1 Å². The zero-order valence-electron chi connectivity index (χ0n) is 10.4. The summed E-state index contributed by atoms with van der Waals surface area (Å²) in [6.45, 7) is 4.30. The van der Waals surface area contributed by atoms with E-state index >= 15 is 0 Å². The van der Waals surface area contributed by atoms with Crippen molar-refractivity contribution in [1.82, 2.24) is 10.2 Å². The summed E-state index contributed by atoms with van der Waals surface area (Å²) in [7, 11) is 0. The lowest BCUT2D eigenvalue weighted by Crippen LogP contribution is -2.50. The molecule has 0 bridgehead atoms. The molecule has 1 aromatic carbocycles. The van der Waals surface area contributed by atoms with Crippen LogP contribution < -0.4 is 5.32 Å². The Morgan fingerprint density at radius 2 is 2.12 bits per heavy atom. The quantitative estimate of drug-likeness (QED) is 0.860. The molecule has 1 aliphatic rings. The molecule has 3 heteroatoms. The Balaban J connectivity index is 2.00. The number of nitrogens with one attached hydrogen (secondary N) is 1. The van der Waals surface area contributed by atoms with E-state index in [4.69, 9.17) is 0 Å². The summed E-state index contributed by atoms with van der Waals surface area (Å²) < 4.78 is 0. The molecule has 1 fully saturated rings. The number of carbonyl (C=O) groups is 1. The third-order valence-corrected chi connectivity index (χ3v) is 3.24. The zero-order valence-corrected chi connectivity index (χ0v) is 10.4. The van der Waals surface area contributed by atoms with Gasteiger partial charge in [0.15, 0.2) is 0 Å². The fourth-order valence-corrected chi connectivity index (χ4v) is 2.18. The van der Waals surface area contributed by atoms with E-state index in [1.807, 2.05) is 23.1 Å². The highest BCUT2D eigenvalue weighted by Gasteiger charge is 2.25. The number of unbranched alkanes of at least 4 members (excludes halogenated alkanes) is 1. The van der Waals surface area contributed by atoms with Crippen LogP contribution in [0.25, 0.3) is 0 Å². The normalized spacial score (nSPS) is 20.6. The smallest absolute Gasteiger partial charge is 0.236 e. The van der Waals surface area contributed by atoms with Crippen LogP contribution in [0.1, 0.15) is 31.4 Å². The standard InChI is InChI=1S/C14H20N2O/c1-2-3-9-16-11-13(15-10-14(16)17)12-7-5-4-6-8-12/h4-8,13,15H,2-3,9-11H2,1H3/t13-/m1/s1. The lowest BCUT2D eigenvalue weighted by Gasteiger charge is -2.33. The Bertz CT molecular complexity index is 364. The molecule has 0 spiro atoms. The molecule has 0 saturated carbocycles. The molecule has 0 aliphatic carbocycles. The van der Waals surface area contributed by atoms with Gasteiger partial charge in [-0.3, -0.25) is 10.1 Å². The topological polar surface area (TPSA) is 32.3 Å². The van der Waals surface area contributed by atoms with Crippen LogP contribution in [0.15, 0.2) is 30.3 Å². The third-order valence-electron chi connectivity index (χ3n) is 3.24. The maximum Gasteiger partial charge on any atom is 0.236 e. The monoisotopic (exact) mass is 232 g/mol. The molecule has 1 heterocycles. The number of amides is 1. The summed E-state index contributed by atoms with van der Waals surface area (Å²) in [6.07, 6.45) is 2.22. The van der Waals surface area contributed by atoms with Gasteiger partial charge in [-0.15, -0.1) is 0 Å². The maximum atomic E-state index is 11.7. The molecule has 3 nitrogen and oxygen atoms in total. The minimum Gasteiger partial charge on any atom is -0.340 e. The molecule has 1 atom stereocenters. The molecule has 2 rings (SSSR count). The average molecular weight is 232 g/mol. The van der Waals surface area contributed by atoms with E-state index in [-0.39, 0.29) is 11.9 Å². The van der Waals surface area contributed by atoms with Gasteiger partial charge in [-0.2, -0.15) is 0 Å². The van der Waals surface area contributed by atoms with E-state index in [1.54, 1.807) is 0 Å². The molecule has 1 aromatic rings. The van der Waals surface area contributed by atoms with Gasteiger partial charge in [0.05, 0.1) is 12.6 Å². The number of piperazine rings is 1. The summed E-state index contributed by atoms with van der Waals surface area (Å²) in [5, 5.41) is 3.30. The van der Waals surface area contributed by atoms with Gasteiger partial charge in [0.2, 0.25) is 5.91 Å². The largest absolute Gasteiger partial charge is 0.340 e. The average Bonchev–Trinajstić information content (AvgIpc) is 2.39. The highest BCUT2D eigenvalue weighted by atomic mass is 16.2. The van der Waals surface area contributed by atoms with Crippen LogP contribution >= 0.6 is 0 Å². The Morgan fingerprint density at radius 3 is 2.82 bits per heavy atom. The first-order chi connectivity index (χ1) is 8.31. The van der Waals surface area contributed by atoms with Gasteiger partial charge in [-0.25, -0.2) is 0 Å². The summed E-state index contributed by atoms with van der Waals surface area (Å²) in [4.78, 5) is 13.7. The Labute approximate surface area is 103 Å². The third kappa shape index (κ3) is 3.07. The predicted octanol–water partition coefficient (Wildman–Crippen LogP) is 1.96. The van der Waals surface area contributed by atoms with Gasteiger partial charge in [-0.1, -0.05) is 43.7 Å². The van der Waals surface area contributed by atoms with Crippen LogP contribution in [0.3, 0.4) is 0 Å². The SMILES string of the molecule is CCCCN1C[C@H](c2ccccc2)NCC1=O. The molecule has 0 aromatic heterocycles. The Kier molecular flexibility index (Phi) is 4.15. The van der Waals surface area contributed by atoms with Gasteiger partial charge >= 0.3 is 0 Å². The highest BCUT2D eigenvalue weighted by molar-refractivity contribution is 5.79. The van der Waals surface area contributed by atoms with Crippen LogP contribution in [-0.2, 0) is 4.79 Å². The van der Waals surface area contributed by atoms with Crippen molar-refractivity contribution in [2.24, 2.45) is 0 Å². The Hall–Kier alpha value is -1.35. The molecule has 1 aliphatic heterocycles. The number of rotatable bonds is 4. The first kappa shape index (κ1) is 12.1. The van der Waals surface area contributed by atoms with Crippen LogP contribution in [0.2, 0.25) is 0 Å². The minimum atomic E-state index is 0.227. The summed E-state index contributed by atoms with van der Waals surface area (Å²) in [5.74, 6) is 0.227. The van der Waals surface area contributed by atoms with Crippen molar-refractivity contribution in [3.05, 3.63) is 35.9 Å². The number of carbonyl (C=O) groups excluding carboxylic acids is 1. The lowest BCUT2D eigenvalue weighted by atomic mass is 10.0. The zero-order chi connectivity index (χ0) is 12.1. The van der Waals surface area contributed by atoms with Crippen molar-refractivity contribution in [3.8, 4) is 0 Å². The van der Waals surface area contributed by atoms with Crippen LogP contribution in [0, 0.1) is 0 Å². The molecular formula is C14H20N2O. The molecule has 17 heavy (non-hydrogen) atoms. The highest BCUT2D eigenvalue weighted by Crippen LogP contribution is 2.17. The summed E-state index contributed by atoms with van der Waals surface area (Å²) >= 11 is 0. The van der Waals surface area contributed by atoms with Gasteiger partial charge in [-0.05, 0) is 12.0 Å². The summed E-state index contributed by atoms with van der Waals surface area (Å²) in [6, 6.07) is 10.6. The maximum absolute atomic E-state index is 11.7. The van der Waals surface area contributed by atoms with Crippen LogP contribution in [-0.4, -0.2) is 30.4 Å². The van der Waals surface area contributed by atoms with E-state index in [0.29, 0.717) is 6.54 Å². The fraction of sp³-hybridized carbons (Fsp3) is 0.500. The van der Waals surface area contributed by atoms with Crippen molar-refractivity contribution < 1.29 is 4.79 Å². The molecule has 1 amide bonds. The van der Waals surface area contributed by atoms with E-state index in [2.05, 4.69) is 24.4 Å². The second-order valence-corrected chi connectivity index (χ2v) is 4.54. The minimum absolute atomic E-state index is 0.227. The van der Waals surface area contributed by atoms with Crippen LogP contribution in [0.4, 0.5) is 0 Å².